The van der Waals surface area contributed by atoms with E-state index in [1.807, 2.05) is 0 Å². The molecule has 0 unspecified atom stereocenters. The standard InChI is InChI=1S/C21H20N2O6/c1-14(19(25)22-23-20(26)16-6-4-3-5-7-16)29-18(24)13-10-15-8-11-17(12-9-15)21(27)28-2/h3-14H,1-2H3,(H,22,25)(H,23,26)/b13-10+/t14-/m1/s1. The topological polar surface area (TPSA) is 111 Å². The summed E-state index contributed by atoms with van der Waals surface area (Å²) in [7, 11) is 1.29. The van der Waals surface area contributed by atoms with Crippen LogP contribution in [0.5, 0.6) is 0 Å². The number of nitrogens with one attached hydrogen (secondary N) is 2. The lowest BCUT2D eigenvalue weighted by Crippen LogP contribution is -2.46. The Labute approximate surface area is 167 Å². The van der Waals surface area contributed by atoms with Gasteiger partial charge in [0, 0.05) is 11.6 Å². The molecule has 0 fully saturated rings. The van der Waals surface area contributed by atoms with Gasteiger partial charge < -0.3 is 9.47 Å². The molecule has 1 atom stereocenters. The van der Waals surface area contributed by atoms with Gasteiger partial charge in [0.25, 0.3) is 11.8 Å². The van der Waals surface area contributed by atoms with E-state index >= 15 is 0 Å². The molecule has 0 spiro atoms. The second kappa shape index (κ2) is 10.4. The molecule has 0 aliphatic carbocycles. The van der Waals surface area contributed by atoms with Crippen molar-refractivity contribution in [2.75, 3.05) is 7.11 Å². The molecule has 8 heteroatoms. The number of methoxy groups -OCH3 is 1. The Kier molecular flexibility index (Phi) is 7.67. The highest BCUT2D eigenvalue weighted by Gasteiger charge is 2.17. The van der Waals surface area contributed by atoms with Crippen LogP contribution in [0.2, 0.25) is 0 Å². The minimum atomic E-state index is -1.12. The molecule has 2 amide bonds. The Hall–Kier alpha value is -3.94. The van der Waals surface area contributed by atoms with Crippen molar-refractivity contribution in [2.45, 2.75) is 13.0 Å². The van der Waals surface area contributed by atoms with Crippen molar-refractivity contribution in [3.8, 4) is 0 Å². The second-order valence-corrected chi connectivity index (χ2v) is 5.84. The van der Waals surface area contributed by atoms with E-state index < -0.39 is 29.9 Å². The van der Waals surface area contributed by atoms with Crippen LogP contribution in [0, 0.1) is 0 Å². The van der Waals surface area contributed by atoms with Gasteiger partial charge in [-0.2, -0.15) is 0 Å². The predicted octanol–water partition coefficient (Wildman–Crippen LogP) is 1.88. The Balaban J connectivity index is 1.81. The van der Waals surface area contributed by atoms with E-state index in [-0.39, 0.29) is 0 Å². The summed E-state index contributed by atoms with van der Waals surface area (Å²) in [4.78, 5) is 47.0. The molecule has 29 heavy (non-hydrogen) atoms. The largest absolute Gasteiger partial charge is 0.465 e. The monoisotopic (exact) mass is 396 g/mol. The SMILES string of the molecule is COC(=O)c1ccc(/C=C/C(=O)O[C@H](C)C(=O)NNC(=O)c2ccccc2)cc1. The molecular formula is C21H20N2O6. The van der Waals surface area contributed by atoms with Gasteiger partial charge in [0.05, 0.1) is 12.7 Å². The molecule has 2 N–H and O–H groups in total. The zero-order valence-electron chi connectivity index (χ0n) is 15.9. The summed E-state index contributed by atoms with van der Waals surface area (Å²) in [6.45, 7) is 1.38. The van der Waals surface area contributed by atoms with Crippen LogP contribution >= 0.6 is 0 Å². The first kappa shape index (κ1) is 21.4. The van der Waals surface area contributed by atoms with E-state index in [2.05, 4.69) is 15.6 Å². The quantitative estimate of drug-likeness (QED) is 0.438. The first-order chi connectivity index (χ1) is 13.9. The molecule has 2 rings (SSSR count). The third-order valence-electron chi connectivity index (χ3n) is 3.74. The molecule has 2 aromatic carbocycles. The van der Waals surface area contributed by atoms with Gasteiger partial charge in [-0.1, -0.05) is 30.3 Å². The molecule has 8 nitrogen and oxygen atoms in total. The summed E-state index contributed by atoms with van der Waals surface area (Å²) in [6, 6.07) is 14.7. The molecular weight excluding hydrogens is 376 g/mol. The maximum atomic E-state index is 11.9. The number of hydrogen-bond acceptors (Lipinski definition) is 6. The zero-order valence-corrected chi connectivity index (χ0v) is 15.9. The number of rotatable bonds is 6. The van der Waals surface area contributed by atoms with E-state index in [1.54, 1.807) is 54.6 Å². The minimum Gasteiger partial charge on any atom is -0.465 e. The fraction of sp³-hybridized carbons (Fsp3) is 0.143. The van der Waals surface area contributed by atoms with Crippen molar-refractivity contribution in [2.24, 2.45) is 0 Å². The molecule has 0 radical (unpaired) electrons. The van der Waals surface area contributed by atoms with Crippen LogP contribution in [-0.4, -0.2) is 37.0 Å². The molecule has 0 heterocycles. The van der Waals surface area contributed by atoms with Gasteiger partial charge in [-0.15, -0.1) is 0 Å². The molecule has 0 saturated carbocycles. The molecule has 150 valence electrons. The van der Waals surface area contributed by atoms with Crippen LogP contribution in [0.3, 0.4) is 0 Å². The fourth-order valence-electron chi connectivity index (χ4n) is 2.16. The van der Waals surface area contributed by atoms with E-state index in [1.165, 1.54) is 20.1 Å². The highest BCUT2D eigenvalue weighted by atomic mass is 16.5. The Morgan fingerprint density at radius 1 is 0.897 bits per heavy atom. The van der Waals surface area contributed by atoms with Gasteiger partial charge in [-0.05, 0) is 42.8 Å². The van der Waals surface area contributed by atoms with Crippen molar-refractivity contribution in [3.63, 3.8) is 0 Å². The lowest BCUT2D eigenvalue weighted by atomic mass is 10.1. The van der Waals surface area contributed by atoms with Crippen LogP contribution in [-0.2, 0) is 19.1 Å². The van der Waals surface area contributed by atoms with Gasteiger partial charge in [0.2, 0.25) is 0 Å². The highest BCUT2D eigenvalue weighted by Crippen LogP contribution is 2.08. The maximum absolute atomic E-state index is 11.9. The summed E-state index contributed by atoms with van der Waals surface area (Å²) in [6.07, 6.45) is 1.51. The lowest BCUT2D eigenvalue weighted by molar-refractivity contribution is -0.150. The van der Waals surface area contributed by atoms with Crippen LogP contribution in [0.25, 0.3) is 6.08 Å². The molecule has 0 aromatic heterocycles. The second-order valence-electron chi connectivity index (χ2n) is 5.84. The number of ether oxygens (including phenoxy) is 2. The van der Waals surface area contributed by atoms with Crippen LogP contribution < -0.4 is 10.9 Å². The average Bonchev–Trinajstić information content (AvgIpc) is 2.76. The van der Waals surface area contributed by atoms with Crippen LogP contribution in [0.4, 0.5) is 0 Å². The number of carbonyl (C=O) groups excluding carboxylic acids is 4. The Morgan fingerprint density at radius 2 is 1.55 bits per heavy atom. The minimum absolute atomic E-state index is 0.374. The van der Waals surface area contributed by atoms with E-state index in [9.17, 15) is 19.2 Å². The predicted molar refractivity (Wildman–Crippen MR) is 104 cm³/mol. The number of amides is 2. The highest BCUT2D eigenvalue weighted by molar-refractivity contribution is 5.96. The zero-order chi connectivity index (χ0) is 21.2. The van der Waals surface area contributed by atoms with Gasteiger partial charge in [0.1, 0.15) is 0 Å². The third kappa shape index (κ3) is 6.62. The molecule has 0 bridgehead atoms. The molecule has 2 aromatic rings. The maximum Gasteiger partial charge on any atom is 0.337 e. The van der Waals surface area contributed by atoms with Gasteiger partial charge >= 0.3 is 11.9 Å². The Morgan fingerprint density at radius 3 is 2.17 bits per heavy atom. The lowest BCUT2D eigenvalue weighted by Gasteiger charge is -2.13. The number of carbonyl (C=O) groups is 4. The summed E-state index contributed by atoms with van der Waals surface area (Å²) in [5, 5.41) is 0. The van der Waals surface area contributed by atoms with Crippen molar-refractivity contribution in [1.82, 2.24) is 10.9 Å². The third-order valence-corrected chi connectivity index (χ3v) is 3.74. The van der Waals surface area contributed by atoms with Gasteiger partial charge in [-0.25, -0.2) is 9.59 Å². The first-order valence-corrected chi connectivity index (χ1v) is 8.63. The van der Waals surface area contributed by atoms with Crippen molar-refractivity contribution in [3.05, 3.63) is 77.4 Å². The normalized spacial score (nSPS) is 11.4. The van der Waals surface area contributed by atoms with E-state index in [0.717, 1.165) is 6.08 Å². The molecule has 0 aliphatic heterocycles. The number of hydrogen-bond donors (Lipinski definition) is 2. The summed E-state index contributed by atoms with van der Waals surface area (Å²) >= 11 is 0. The average molecular weight is 396 g/mol. The summed E-state index contributed by atoms with van der Waals surface area (Å²) in [5.41, 5.74) is 5.86. The first-order valence-electron chi connectivity index (χ1n) is 8.63. The summed E-state index contributed by atoms with van der Waals surface area (Å²) < 4.78 is 9.59. The summed E-state index contributed by atoms with van der Waals surface area (Å²) in [5.74, 6) is -2.37. The smallest absolute Gasteiger partial charge is 0.337 e. The molecule has 0 saturated heterocycles. The van der Waals surface area contributed by atoms with Gasteiger partial charge in [0.15, 0.2) is 6.10 Å². The van der Waals surface area contributed by atoms with Crippen molar-refractivity contribution in [1.29, 1.82) is 0 Å². The number of esters is 2. The Bertz CT molecular complexity index is 907. The van der Waals surface area contributed by atoms with Gasteiger partial charge in [-0.3, -0.25) is 20.4 Å². The van der Waals surface area contributed by atoms with E-state index in [4.69, 9.17) is 4.74 Å². The van der Waals surface area contributed by atoms with Crippen LogP contribution in [0.15, 0.2) is 60.7 Å². The van der Waals surface area contributed by atoms with Crippen molar-refractivity contribution >= 4 is 29.8 Å². The number of hydrazine groups is 1. The van der Waals surface area contributed by atoms with Crippen molar-refractivity contribution < 1.29 is 28.7 Å². The molecule has 0 aliphatic rings. The number of benzene rings is 2. The fourth-order valence-corrected chi connectivity index (χ4v) is 2.16. The van der Waals surface area contributed by atoms with E-state index in [0.29, 0.717) is 16.7 Å². The van der Waals surface area contributed by atoms with Crippen LogP contribution in [0.1, 0.15) is 33.2 Å².